The van der Waals surface area contributed by atoms with Crippen LogP contribution in [0, 0.1) is 10.8 Å². The van der Waals surface area contributed by atoms with Gasteiger partial charge in [-0.15, -0.1) is 0 Å². The predicted molar refractivity (Wildman–Crippen MR) is 80.9 cm³/mol. The Morgan fingerprint density at radius 2 is 1.72 bits per heavy atom. The molecule has 1 aliphatic heterocycles. The molecule has 1 heterocycles. The number of hydrogen-bond acceptors (Lipinski definition) is 2. The highest BCUT2D eigenvalue weighted by Crippen LogP contribution is 2.30. The average Bonchev–Trinajstić information content (AvgIpc) is 2.23. The second kappa shape index (κ2) is 5.75. The molecule has 2 atom stereocenters. The van der Waals surface area contributed by atoms with Crippen molar-refractivity contribution in [2.45, 2.75) is 60.5 Å². The van der Waals surface area contributed by atoms with Crippen LogP contribution >= 0.6 is 0 Å². The first-order valence-electron chi connectivity index (χ1n) is 7.25. The molecule has 0 bridgehead atoms. The molecular weight excluding hydrogens is 220 g/mol. The lowest BCUT2D eigenvalue weighted by Crippen LogP contribution is -2.63. The van der Waals surface area contributed by atoms with Crippen LogP contribution in [0.2, 0.25) is 0 Å². The van der Waals surface area contributed by atoms with E-state index in [1.165, 1.54) is 0 Å². The molecule has 0 spiro atoms. The molecule has 1 fully saturated rings. The molecule has 0 aromatic carbocycles. The van der Waals surface area contributed by atoms with E-state index in [1.54, 1.807) is 0 Å². The van der Waals surface area contributed by atoms with Gasteiger partial charge in [0.05, 0.1) is 0 Å². The second-order valence-electron chi connectivity index (χ2n) is 7.73. The normalized spacial score (nSPS) is 27.9. The van der Waals surface area contributed by atoms with E-state index in [4.69, 9.17) is 0 Å². The van der Waals surface area contributed by atoms with Crippen LogP contribution in [0.5, 0.6) is 0 Å². The third-order valence-electron chi connectivity index (χ3n) is 4.04. The lowest BCUT2D eigenvalue weighted by atomic mass is 9.79. The molecule has 0 aliphatic carbocycles. The molecule has 0 aromatic heterocycles. The number of nitrogens with one attached hydrogen (secondary N) is 1. The molecule has 0 aromatic rings. The van der Waals surface area contributed by atoms with Crippen LogP contribution in [-0.2, 0) is 0 Å². The monoisotopic (exact) mass is 252 g/mol. The van der Waals surface area contributed by atoms with Gasteiger partial charge in [0.15, 0.2) is 0 Å². The van der Waals surface area contributed by atoms with Crippen molar-refractivity contribution in [1.82, 2.24) is 10.2 Å². The predicted octanol–water partition coefficient (Wildman–Crippen LogP) is 3.30. The summed E-state index contributed by atoms with van der Waals surface area (Å²) in [6.07, 6.45) is 4.44. The minimum Gasteiger partial charge on any atom is -0.311 e. The molecule has 18 heavy (non-hydrogen) atoms. The maximum absolute atomic E-state index is 3.76. The van der Waals surface area contributed by atoms with Crippen molar-refractivity contribution in [3.8, 4) is 0 Å². The number of rotatable bonds is 2. The summed E-state index contributed by atoms with van der Waals surface area (Å²) < 4.78 is 0. The van der Waals surface area contributed by atoms with Gasteiger partial charge in [-0.3, -0.25) is 4.90 Å². The summed E-state index contributed by atoms with van der Waals surface area (Å²) in [6, 6.07) is 1.20. The van der Waals surface area contributed by atoms with Gasteiger partial charge < -0.3 is 5.32 Å². The Hall–Kier alpha value is -0.340. The van der Waals surface area contributed by atoms with Crippen LogP contribution in [0.1, 0.15) is 48.5 Å². The molecular formula is C16H32N2. The lowest BCUT2D eigenvalue weighted by Gasteiger charge is -2.49. The van der Waals surface area contributed by atoms with Crippen molar-refractivity contribution >= 4 is 0 Å². The first kappa shape index (κ1) is 15.7. The summed E-state index contributed by atoms with van der Waals surface area (Å²) in [5, 5.41) is 3.76. The summed E-state index contributed by atoms with van der Waals surface area (Å²) in [6.45, 7) is 19.5. The van der Waals surface area contributed by atoms with Crippen LogP contribution < -0.4 is 5.32 Å². The maximum atomic E-state index is 3.76. The fraction of sp³-hybridized carbons (Fsp3) is 0.875. The van der Waals surface area contributed by atoms with E-state index in [2.05, 4.69) is 70.8 Å². The Morgan fingerprint density at radius 1 is 1.11 bits per heavy atom. The largest absolute Gasteiger partial charge is 0.311 e. The van der Waals surface area contributed by atoms with E-state index in [9.17, 15) is 0 Å². The van der Waals surface area contributed by atoms with Gasteiger partial charge in [0, 0.05) is 31.7 Å². The van der Waals surface area contributed by atoms with Crippen molar-refractivity contribution in [2.24, 2.45) is 10.8 Å². The smallest absolute Gasteiger partial charge is 0.0273 e. The Morgan fingerprint density at radius 3 is 2.17 bits per heavy atom. The van der Waals surface area contributed by atoms with Crippen LogP contribution in [0.3, 0.4) is 0 Å². The minimum atomic E-state index is 0.330. The van der Waals surface area contributed by atoms with E-state index in [-0.39, 0.29) is 0 Å². The highest BCUT2D eigenvalue weighted by Gasteiger charge is 2.38. The highest BCUT2D eigenvalue weighted by molar-refractivity contribution is 4.98. The van der Waals surface area contributed by atoms with Crippen molar-refractivity contribution in [3.05, 3.63) is 12.2 Å². The third-order valence-corrected chi connectivity index (χ3v) is 4.04. The van der Waals surface area contributed by atoms with Gasteiger partial charge in [0.1, 0.15) is 0 Å². The lowest BCUT2D eigenvalue weighted by molar-refractivity contribution is 0.0391. The molecule has 0 saturated carbocycles. The van der Waals surface area contributed by atoms with Crippen LogP contribution in [0.4, 0.5) is 0 Å². The van der Waals surface area contributed by atoms with Gasteiger partial charge in [-0.2, -0.15) is 0 Å². The van der Waals surface area contributed by atoms with E-state index < -0.39 is 0 Å². The molecule has 1 N–H and O–H groups in total. The summed E-state index contributed by atoms with van der Waals surface area (Å²) in [5.41, 5.74) is 0.661. The van der Waals surface area contributed by atoms with Gasteiger partial charge in [-0.25, -0.2) is 0 Å². The number of piperazine rings is 1. The van der Waals surface area contributed by atoms with E-state index in [0.29, 0.717) is 22.9 Å². The molecule has 2 nitrogen and oxygen atoms in total. The number of nitrogens with zero attached hydrogens (tertiary/aromatic N) is 1. The maximum Gasteiger partial charge on any atom is 0.0273 e. The molecule has 0 amide bonds. The van der Waals surface area contributed by atoms with Crippen LogP contribution in [-0.4, -0.2) is 36.6 Å². The summed E-state index contributed by atoms with van der Waals surface area (Å²) in [7, 11) is 0. The van der Waals surface area contributed by atoms with Crippen molar-refractivity contribution in [3.63, 3.8) is 0 Å². The zero-order valence-corrected chi connectivity index (χ0v) is 13.4. The van der Waals surface area contributed by atoms with Gasteiger partial charge in [0.25, 0.3) is 0 Å². The van der Waals surface area contributed by atoms with Gasteiger partial charge >= 0.3 is 0 Å². The molecule has 1 rings (SSSR count). The fourth-order valence-electron chi connectivity index (χ4n) is 2.69. The summed E-state index contributed by atoms with van der Waals surface area (Å²) in [5.74, 6) is 0. The molecule has 106 valence electrons. The summed E-state index contributed by atoms with van der Waals surface area (Å²) >= 11 is 0. The van der Waals surface area contributed by atoms with Crippen molar-refractivity contribution in [1.29, 1.82) is 0 Å². The topological polar surface area (TPSA) is 15.3 Å². The Labute approximate surface area is 114 Å². The molecule has 1 saturated heterocycles. The minimum absolute atomic E-state index is 0.330. The van der Waals surface area contributed by atoms with Crippen LogP contribution in [0.15, 0.2) is 12.2 Å². The molecule has 2 unspecified atom stereocenters. The van der Waals surface area contributed by atoms with E-state index in [0.717, 1.165) is 19.6 Å². The first-order chi connectivity index (χ1) is 8.16. The average molecular weight is 252 g/mol. The first-order valence-corrected chi connectivity index (χ1v) is 7.25. The van der Waals surface area contributed by atoms with Gasteiger partial charge in [-0.1, -0.05) is 53.7 Å². The quantitative estimate of drug-likeness (QED) is 0.759. The number of hydrogen-bond donors (Lipinski definition) is 1. The van der Waals surface area contributed by atoms with Crippen LogP contribution in [0.25, 0.3) is 0 Å². The van der Waals surface area contributed by atoms with E-state index >= 15 is 0 Å². The Balaban J connectivity index is 2.79. The highest BCUT2D eigenvalue weighted by atomic mass is 15.2. The molecule has 2 heteroatoms. The summed E-state index contributed by atoms with van der Waals surface area (Å²) in [4.78, 5) is 2.65. The molecule has 0 radical (unpaired) electrons. The standard InChI is InChI=1S/C16H32N2/c1-8-9-10-18-12-13(15(2,3)4)17-11-14(18)16(5,6)7/h8-9,13-14,17H,10-12H2,1-7H3/b9-8+. The zero-order valence-electron chi connectivity index (χ0n) is 13.4. The van der Waals surface area contributed by atoms with Gasteiger partial charge in [-0.05, 0) is 17.8 Å². The second-order valence-corrected chi connectivity index (χ2v) is 7.73. The molecule has 1 aliphatic rings. The number of allylic oxidation sites excluding steroid dienone is 1. The zero-order chi connectivity index (χ0) is 14.0. The third kappa shape index (κ3) is 4.10. The SMILES string of the molecule is C/C=C/CN1CC(C(C)(C)C)NCC1C(C)(C)C. The van der Waals surface area contributed by atoms with Crippen molar-refractivity contribution < 1.29 is 0 Å². The van der Waals surface area contributed by atoms with Crippen molar-refractivity contribution in [2.75, 3.05) is 19.6 Å². The van der Waals surface area contributed by atoms with Gasteiger partial charge in [0.2, 0.25) is 0 Å². The van der Waals surface area contributed by atoms with E-state index in [1.807, 2.05) is 0 Å². The fourth-order valence-corrected chi connectivity index (χ4v) is 2.69. The Bertz CT molecular complexity index is 280. The Kier molecular flexibility index (Phi) is 5.02.